The summed E-state index contributed by atoms with van der Waals surface area (Å²) < 4.78 is 13.1. The van der Waals surface area contributed by atoms with Crippen LogP contribution in [0.1, 0.15) is 89.0 Å². The molecular formula is C51H68N4O8Si. The van der Waals surface area contributed by atoms with Crippen molar-refractivity contribution >= 4 is 43.1 Å². The quantitative estimate of drug-likeness (QED) is 0.0626. The second-order valence-corrected chi connectivity index (χ2v) is 22.9. The molecule has 7 rings (SSSR count). The number of rotatable bonds is 17. The van der Waals surface area contributed by atoms with Crippen molar-refractivity contribution in [1.29, 1.82) is 0 Å². The molecule has 3 aromatic carbocycles. The van der Waals surface area contributed by atoms with Crippen molar-refractivity contribution < 1.29 is 38.9 Å². The lowest BCUT2D eigenvalue weighted by atomic mass is 9.82. The maximum absolute atomic E-state index is 15.5. The van der Waals surface area contributed by atoms with Gasteiger partial charge in [0, 0.05) is 42.4 Å². The summed E-state index contributed by atoms with van der Waals surface area (Å²) in [5.41, 5.74) is 5.97. The molecule has 4 aliphatic rings. The van der Waals surface area contributed by atoms with Crippen molar-refractivity contribution in [3.05, 3.63) is 106 Å². The van der Waals surface area contributed by atoms with Gasteiger partial charge in [-0.25, -0.2) is 0 Å². The van der Waals surface area contributed by atoms with Crippen LogP contribution in [0.25, 0.3) is 0 Å². The maximum Gasteiger partial charge on any atom is 0.264 e. The van der Waals surface area contributed by atoms with Crippen LogP contribution in [0.5, 0.6) is 5.75 Å². The van der Waals surface area contributed by atoms with Crippen LogP contribution in [0.2, 0.25) is 18.6 Å². The van der Waals surface area contributed by atoms with E-state index < -0.39 is 43.6 Å². The Bertz CT molecular complexity index is 2270. The lowest BCUT2D eigenvalue weighted by molar-refractivity contribution is -0.150. The molecule has 0 bridgehead atoms. The summed E-state index contributed by atoms with van der Waals surface area (Å²) in [6.45, 7) is 15.4. The number of benzene rings is 3. The number of aliphatic hydroxyl groups is 2. The van der Waals surface area contributed by atoms with Gasteiger partial charge >= 0.3 is 0 Å². The number of amides is 3. The fraction of sp³-hybridized carbons (Fsp3) is 0.510. The van der Waals surface area contributed by atoms with Gasteiger partial charge in [-0.15, -0.1) is 0 Å². The van der Waals surface area contributed by atoms with E-state index >= 15 is 4.79 Å². The van der Waals surface area contributed by atoms with Crippen LogP contribution < -0.4 is 19.9 Å². The number of hydrogen-bond acceptors (Lipinski definition) is 9. The number of ether oxygens (including phenoxy) is 2. The Balaban J connectivity index is 1.31. The third-order valence-electron chi connectivity index (χ3n) is 13.7. The van der Waals surface area contributed by atoms with Crippen LogP contribution in [0.15, 0.2) is 84.0 Å². The third-order valence-corrected chi connectivity index (χ3v) is 16.2. The zero-order valence-electron chi connectivity index (χ0n) is 38.7. The maximum atomic E-state index is 15.5. The first-order valence-electron chi connectivity index (χ1n) is 23.2. The van der Waals surface area contributed by atoms with Gasteiger partial charge in [-0.2, -0.15) is 0 Å². The number of allylic oxidation sites excluding steroid dienone is 3. The summed E-state index contributed by atoms with van der Waals surface area (Å²) in [7, 11) is -3.16. The Morgan fingerprint density at radius 2 is 1.72 bits per heavy atom. The number of nitrogens with one attached hydrogen (secondary N) is 1. The highest BCUT2D eigenvalue weighted by atomic mass is 28.4. The first-order valence-corrected chi connectivity index (χ1v) is 26.2. The molecule has 13 heteroatoms. The molecular weight excluding hydrogens is 825 g/mol. The molecule has 0 aliphatic carbocycles. The largest absolute Gasteiger partial charge is 0.494 e. The van der Waals surface area contributed by atoms with Gasteiger partial charge in [0.15, 0.2) is 13.9 Å². The molecule has 0 aromatic heterocycles. The third kappa shape index (κ3) is 9.38. The smallest absolute Gasteiger partial charge is 0.264 e. The lowest BCUT2D eigenvalue weighted by Gasteiger charge is -2.37. The van der Waals surface area contributed by atoms with Crippen LogP contribution in [0, 0.1) is 5.92 Å². The van der Waals surface area contributed by atoms with E-state index in [2.05, 4.69) is 38.2 Å². The van der Waals surface area contributed by atoms with E-state index in [0.29, 0.717) is 74.6 Å². The summed E-state index contributed by atoms with van der Waals surface area (Å²) in [4.78, 5) is 62.0. The summed E-state index contributed by atoms with van der Waals surface area (Å²) >= 11 is 0. The number of unbranched alkanes of at least 4 members (excludes halogenated alkanes) is 1. The molecule has 1 fully saturated rings. The zero-order valence-corrected chi connectivity index (χ0v) is 39.7. The fourth-order valence-electron chi connectivity index (χ4n) is 10.6. The molecule has 0 radical (unpaired) electrons. The molecule has 64 heavy (non-hydrogen) atoms. The molecule has 6 atom stereocenters. The molecule has 4 aliphatic heterocycles. The Hall–Kier alpha value is -4.63. The number of hydrogen-bond donors (Lipinski definition) is 4. The highest BCUT2D eigenvalue weighted by molar-refractivity contribution is 6.71. The average Bonchev–Trinajstić information content (AvgIpc) is 3.69. The monoisotopic (exact) mass is 892 g/mol. The summed E-state index contributed by atoms with van der Waals surface area (Å²) in [6.07, 6.45) is 7.50. The van der Waals surface area contributed by atoms with Crippen molar-refractivity contribution in [2.24, 2.45) is 5.92 Å². The first-order chi connectivity index (χ1) is 30.6. The minimum atomic E-state index is -3.16. The van der Waals surface area contributed by atoms with Crippen LogP contribution >= 0.6 is 0 Å². The Morgan fingerprint density at radius 3 is 2.42 bits per heavy atom. The molecule has 0 saturated carbocycles. The minimum absolute atomic E-state index is 0.0676. The standard InChI is InChI=1S/C51H68N4O8Si/c1-8-62-41-19-21-44-38(27-41)28-43(52-23-11-12-25-56)49(59)55(44)39-18-20-45-42(29-39)51(50(60)53(45)24-22-34(4)15-13-14-33(2)3)35(5)48(64(6,7)61)46(63-51)30-47(58)54-31-37-17-10-9-16-36(37)26-40(54)32-57/h9-10,14,16-22,27,29,35,40,43,46,48,52,56-57,61H,8,11-13,15,23-26,28,30-32H2,1-7H3/b34-22+/t35-,40+,43?,46+,48-,51+/m1/s1. The molecule has 4 N–H and O–H groups in total. The Kier molecular flexibility index (Phi) is 14.7. The van der Waals surface area contributed by atoms with Crippen molar-refractivity contribution in [3.63, 3.8) is 0 Å². The van der Waals surface area contributed by atoms with Crippen molar-refractivity contribution in [2.45, 2.75) is 129 Å². The summed E-state index contributed by atoms with van der Waals surface area (Å²) in [5, 5.41) is 23.4. The lowest BCUT2D eigenvalue weighted by Crippen LogP contribution is -2.49. The van der Waals surface area contributed by atoms with Gasteiger partial charge in [0.05, 0.1) is 49.2 Å². The second-order valence-electron chi connectivity index (χ2n) is 18.9. The Labute approximate surface area is 380 Å². The van der Waals surface area contributed by atoms with Crippen LogP contribution in [0.4, 0.5) is 17.1 Å². The SMILES string of the molecule is CCOc1ccc2c(c1)CC(NCCCCO)C(=O)N2c1ccc2c(c1)[C@]1(O[C@@H](CC(=O)N3Cc4ccccc4C[C@H]3CO)[C@H]([Si](C)(C)O)[C@H]1C)C(=O)N2C/C=C(\C)CCC=C(C)C. The van der Waals surface area contributed by atoms with Gasteiger partial charge in [0.1, 0.15) is 5.75 Å². The molecule has 3 aromatic rings. The van der Waals surface area contributed by atoms with E-state index in [1.54, 1.807) is 14.7 Å². The topological polar surface area (TPSA) is 152 Å². The van der Waals surface area contributed by atoms with Gasteiger partial charge in [-0.1, -0.05) is 54.5 Å². The molecule has 3 amide bonds. The Morgan fingerprint density at radius 1 is 0.969 bits per heavy atom. The van der Waals surface area contributed by atoms with E-state index in [4.69, 9.17) is 9.47 Å². The van der Waals surface area contributed by atoms with E-state index in [0.717, 1.165) is 40.8 Å². The van der Waals surface area contributed by atoms with Gasteiger partial charge in [0.2, 0.25) is 11.8 Å². The van der Waals surface area contributed by atoms with Crippen LogP contribution in [0.3, 0.4) is 0 Å². The average molecular weight is 893 g/mol. The normalized spacial score (nSPS) is 24.2. The molecule has 12 nitrogen and oxygen atoms in total. The van der Waals surface area contributed by atoms with Crippen LogP contribution in [-0.4, -0.2) is 97.0 Å². The summed E-state index contributed by atoms with van der Waals surface area (Å²) in [5.74, 6) is -0.424. The highest BCUT2D eigenvalue weighted by Crippen LogP contribution is 2.60. The number of carbonyl (C=O) groups excluding carboxylic acids is 3. The molecule has 344 valence electrons. The molecule has 1 spiro atoms. The van der Waals surface area contributed by atoms with Crippen molar-refractivity contribution in [2.75, 3.05) is 42.7 Å². The molecule has 4 heterocycles. The predicted octanol–water partition coefficient (Wildman–Crippen LogP) is 7.21. The van der Waals surface area contributed by atoms with E-state index in [9.17, 15) is 24.6 Å². The second kappa shape index (κ2) is 19.9. The molecule has 1 saturated heterocycles. The number of carbonyl (C=O) groups is 3. The van der Waals surface area contributed by atoms with Gasteiger partial charge < -0.3 is 39.6 Å². The number of aliphatic hydroxyl groups excluding tert-OH is 2. The van der Waals surface area contributed by atoms with E-state index in [-0.39, 0.29) is 37.4 Å². The highest BCUT2D eigenvalue weighted by Gasteiger charge is 2.66. The fourth-order valence-corrected chi connectivity index (χ4v) is 13.1. The van der Waals surface area contributed by atoms with Crippen molar-refractivity contribution in [3.8, 4) is 5.75 Å². The predicted molar refractivity (Wildman–Crippen MR) is 253 cm³/mol. The van der Waals surface area contributed by atoms with Gasteiger partial charge in [-0.3, -0.25) is 19.3 Å². The number of anilines is 3. The number of nitrogens with zero attached hydrogens (tertiary/aromatic N) is 3. The van der Waals surface area contributed by atoms with Gasteiger partial charge in [0.25, 0.3) is 5.91 Å². The number of fused-ring (bicyclic) bond motifs is 4. The zero-order chi connectivity index (χ0) is 45.9. The van der Waals surface area contributed by atoms with E-state index in [1.165, 1.54) is 5.57 Å². The molecule has 1 unspecified atom stereocenters. The van der Waals surface area contributed by atoms with Crippen LogP contribution in [-0.2, 0) is 44.1 Å². The summed E-state index contributed by atoms with van der Waals surface area (Å²) in [6, 6.07) is 18.5. The minimum Gasteiger partial charge on any atom is -0.494 e. The van der Waals surface area contributed by atoms with E-state index in [1.807, 2.05) is 87.6 Å². The van der Waals surface area contributed by atoms with Crippen molar-refractivity contribution in [1.82, 2.24) is 10.2 Å². The van der Waals surface area contributed by atoms with Gasteiger partial charge in [-0.05, 0) is 139 Å². The first kappa shape index (κ1) is 47.3.